The van der Waals surface area contributed by atoms with Crippen LogP contribution in [0, 0.1) is 0 Å². The number of hydrogen-bond donors (Lipinski definition) is 1. The van der Waals surface area contributed by atoms with E-state index < -0.39 is 0 Å². The Morgan fingerprint density at radius 3 is 2.72 bits per heavy atom. The maximum Gasteiger partial charge on any atom is 0.266 e. The van der Waals surface area contributed by atoms with Gasteiger partial charge in [-0.05, 0) is 41.5 Å². The number of rotatable bonds is 3. The van der Waals surface area contributed by atoms with Crippen LogP contribution >= 0.6 is 24.0 Å². The van der Waals surface area contributed by atoms with E-state index in [4.69, 9.17) is 21.7 Å². The van der Waals surface area contributed by atoms with Crippen LogP contribution in [0.4, 0.5) is 0 Å². The minimum atomic E-state index is -0.124. The van der Waals surface area contributed by atoms with Crippen LogP contribution in [0.2, 0.25) is 0 Å². The summed E-state index contributed by atoms with van der Waals surface area (Å²) in [5, 5.41) is 9.34. The standard InChI is InChI=1S/C18H13NO4S2/c20-13-4-1-11(2-5-13)8-16-17(21)19(18(24)25-16)9-12-3-6-14-15(7-12)23-10-22-14/h1-8,20H,9-10H2. The Kier molecular flexibility index (Phi) is 4.10. The van der Waals surface area contributed by atoms with E-state index in [9.17, 15) is 9.90 Å². The Labute approximate surface area is 153 Å². The number of benzene rings is 2. The third kappa shape index (κ3) is 3.20. The number of amides is 1. The summed E-state index contributed by atoms with van der Waals surface area (Å²) in [5.74, 6) is 1.46. The molecule has 25 heavy (non-hydrogen) atoms. The number of phenols is 1. The zero-order valence-corrected chi connectivity index (χ0v) is 14.6. The molecule has 2 aliphatic rings. The van der Waals surface area contributed by atoms with Crippen LogP contribution in [-0.4, -0.2) is 27.0 Å². The van der Waals surface area contributed by atoms with Gasteiger partial charge in [-0.25, -0.2) is 0 Å². The van der Waals surface area contributed by atoms with Gasteiger partial charge in [0.25, 0.3) is 5.91 Å². The first-order chi connectivity index (χ1) is 12.1. The van der Waals surface area contributed by atoms with Gasteiger partial charge in [-0.15, -0.1) is 0 Å². The first kappa shape index (κ1) is 16.0. The van der Waals surface area contributed by atoms with Crippen molar-refractivity contribution in [1.29, 1.82) is 0 Å². The fraction of sp³-hybridized carbons (Fsp3) is 0.111. The predicted octanol–water partition coefficient (Wildman–Crippen LogP) is 3.52. The molecule has 4 rings (SSSR count). The minimum absolute atomic E-state index is 0.124. The maximum atomic E-state index is 12.7. The molecule has 0 spiro atoms. The molecule has 126 valence electrons. The Bertz CT molecular complexity index is 892. The topological polar surface area (TPSA) is 59.0 Å². The number of thiocarbonyl (C=S) groups is 1. The van der Waals surface area contributed by atoms with E-state index in [1.807, 2.05) is 18.2 Å². The number of carbonyl (C=O) groups excluding carboxylic acids is 1. The van der Waals surface area contributed by atoms with E-state index in [1.54, 1.807) is 35.2 Å². The van der Waals surface area contributed by atoms with Crippen LogP contribution in [0.25, 0.3) is 6.08 Å². The summed E-state index contributed by atoms with van der Waals surface area (Å²) in [4.78, 5) is 14.8. The molecule has 0 saturated carbocycles. The number of thioether (sulfide) groups is 1. The first-order valence-electron chi connectivity index (χ1n) is 7.53. The van der Waals surface area contributed by atoms with Gasteiger partial charge in [0.1, 0.15) is 10.1 Å². The van der Waals surface area contributed by atoms with Crippen LogP contribution in [0.1, 0.15) is 11.1 Å². The van der Waals surface area contributed by atoms with Crippen molar-refractivity contribution in [2.45, 2.75) is 6.54 Å². The van der Waals surface area contributed by atoms with E-state index >= 15 is 0 Å². The summed E-state index contributed by atoms with van der Waals surface area (Å²) in [6.45, 7) is 0.601. The predicted molar refractivity (Wildman–Crippen MR) is 99.4 cm³/mol. The van der Waals surface area contributed by atoms with Crippen molar-refractivity contribution in [2.24, 2.45) is 0 Å². The summed E-state index contributed by atoms with van der Waals surface area (Å²) < 4.78 is 11.2. The van der Waals surface area contributed by atoms with Gasteiger partial charge in [0.05, 0.1) is 11.4 Å². The zero-order valence-electron chi connectivity index (χ0n) is 13.0. The number of carbonyl (C=O) groups is 1. The molecule has 0 bridgehead atoms. The second-order valence-corrected chi connectivity index (χ2v) is 7.22. The largest absolute Gasteiger partial charge is 0.508 e. The molecular formula is C18H13NO4S2. The number of nitrogens with zero attached hydrogens (tertiary/aromatic N) is 1. The molecule has 2 aliphatic heterocycles. The van der Waals surface area contributed by atoms with Gasteiger partial charge in [0, 0.05) is 0 Å². The first-order valence-corrected chi connectivity index (χ1v) is 8.75. The summed E-state index contributed by atoms with van der Waals surface area (Å²) in [5.41, 5.74) is 1.76. The fourth-order valence-electron chi connectivity index (χ4n) is 2.58. The Morgan fingerprint density at radius 1 is 1.16 bits per heavy atom. The normalized spacial score (nSPS) is 17.6. The van der Waals surface area contributed by atoms with Crippen molar-refractivity contribution in [3.63, 3.8) is 0 Å². The second-order valence-electron chi connectivity index (χ2n) is 5.55. The molecule has 0 radical (unpaired) electrons. The third-order valence-corrected chi connectivity index (χ3v) is 5.22. The van der Waals surface area contributed by atoms with Crippen LogP contribution < -0.4 is 9.47 Å². The molecular weight excluding hydrogens is 358 g/mol. The third-order valence-electron chi connectivity index (χ3n) is 3.84. The maximum absolute atomic E-state index is 12.7. The number of fused-ring (bicyclic) bond motifs is 1. The van der Waals surface area contributed by atoms with E-state index in [2.05, 4.69) is 0 Å². The number of phenolic OH excluding ortho intramolecular Hbond substituents is 1. The molecule has 0 aliphatic carbocycles. The molecule has 7 heteroatoms. The van der Waals surface area contributed by atoms with Crippen molar-refractivity contribution < 1.29 is 19.4 Å². The molecule has 0 aromatic heterocycles. The van der Waals surface area contributed by atoms with Crippen molar-refractivity contribution in [1.82, 2.24) is 4.90 Å². The lowest BCUT2D eigenvalue weighted by Gasteiger charge is -2.14. The molecule has 0 atom stereocenters. The van der Waals surface area contributed by atoms with Crippen molar-refractivity contribution in [2.75, 3.05) is 6.79 Å². The average molecular weight is 371 g/mol. The van der Waals surface area contributed by atoms with Crippen LogP contribution in [0.5, 0.6) is 17.2 Å². The van der Waals surface area contributed by atoms with Gasteiger partial charge in [-0.1, -0.05) is 42.2 Å². The van der Waals surface area contributed by atoms with Crippen molar-refractivity contribution in [3.8, 4) is 17.2 Å². The lowest BCUT2D eigenvalue weighted by atomic mass is 10.2. The Balaban J connectivity index is 1.54. The lowest BCUT2D eigenvalue weighted by molar-refractivity contribution is -0.122. The highest BCUT2D eigenvalue weighted by Crippen LogP contribution is 2.36. The Morgan fingerprint density at radius 2 is 1.92 bits per heavy atom. The SMILES string of the molecule is O=C1C(=Cc2ccc(O)cc2)SC(=S)N1Cc1ccc2c(c1)OCO2. The van der Waals surface area contributed by atoms with E-state index in [1.165, 1.54) is 11.8 Å². The van der Waals surface area contributed by atoms with Crippen molar-refractivity contribution in [3.05, 3.63) is 58.5 Å². The number of hydrogen-bond acceptors (Lipinski definition) is 6. The number of aromatic hydroxyl groups is 1. The molecule has 0 unspecified atom stereocenters. The summed E-state index contributed by atoms with van der Waals surface area (Å²) >= 11 is 6.64. The molecule has 1 N–H and O–H groups in total. The molecule has 2 aromatic rings. The summed E-state index contributed by atoms with van der Waals surface area (Å²) in [6, 6.07) is 12.3. The minimum Gasteiger partial charge on any atom is -0.508 e. The van der Waals surface area contributed by atoms with Crippen LogP contribution in [0.3, 0.4) is 0 Å². The molecule has 2 heterocycles. The zero-order chi connectivity index (χ0) is 17.4. The fourth-order valence-corrected chi connectivity index (χ4v) is 3.84. The van der Waals surface area contributed by atoms with Gasteiger partial charge >= 0.3 is 0 Å². The molecule has 1 amide bonds. The van der Waals surface area contributed by atoms with Crippen LogP contribution in [-0.2, 0) is 11.3 Å². The average Bonchev–Trinajstić information content (AvgIpc) is 3.17. The summed E-state index contributed by atoms with van der Waals surface area (Å²) in [7, 11) is 0. The second kappa shape index (κ2) is 6.42. The highest BCUT2D eigenvalue weighted by molar-refractivity contribution is 8.26. The number of ether oxygens (including phenoxy) is 2. The van der Waals surface area contributed by atoms with Gasteiger partial charge in [-0.3, -0.25) is 9.69 Å². The van der Waals surface area contributed by atoms with E-state index in [0.717, 1.165) is 11.1 Å². The molecule has 2 aromatic carbocycles. The Hall–Kier alpha value is -2.51. The monoisotopic (exact) mass is 371 g/mol. The van der Waals surface area contributed by atoms with E-state index in [0.29, 0.717) is 27.3 Å². The highest BCUT2D eigenvalue weighted by atomic mass is 32.2. The van der Waals surface area contributed by atoms with Gasteiger partial charge in [0.15, 0.2) is 11.5 Å². The smallest absolute Gasteiger partial charge is 0.266 e. The van der Waals surface area contributed by atoms with E-state index in [-0.39, 0.29) is 18.4 Å². The van der Waals surface area contributed by atoms with Crippen molar-refractivity contribution >= 4 is 40.3 Å². The lowest BCUT2D eigenvalue weighted by Crippen LogP contribution is -2.27. The van der Waals surface area contributed by atoms with Gasteiger partial charge < -0.3 is 14.6 Å². The quantitative estimate of drug-likeness (QED) is 0.658. The highest BCUT2D eigenvalue weighted by Gasteiger charge is 2.32. The van der Waals surface area contributed by atoms with Crippen LogP contribution in [0.15, 0.2) is 47.4 Å². The molecule has 1 saturated heterocycles. The van der Waals surface area contributed by atoms with Gasteiger partial charge in [0.2, 0.25) is 6.79 Å². The molecule has 5 nitrogen and oxygen atoms in total. The summed E-state index contributed by atoms with van der Waals surface area (Å²) in [6.07, 6.45) is 1.78. The van der Waals surface area contributed by atoms with Gasteiger partial charge in [-0.2, -0.15) is 0 Å². The molecule has 1 fully saturated rings.